The van der Waals surface area contributed by atoms with Crippen molar-refractivity contribution >= 4 is 23.0 Å². The lowest BCUT2D eigenvalue weighted by molar-refractivity contribution is -0.182. The van der Waals surface area contributed by atoms with Crippen molar-refractivity contribution in [1.82, 2.24) is 10.7 Å². The van der Waals surface area contributed by atoms with E-state index < -0.39 is 5.66 Å². The Hall–Kier alpha value is -1.21. The zero-order chi connectivity index (χ0) is 14.2. The van der Waals surface area contributed by atoms with Crippen LogP contribution in [0, 0.1) is 5.41 Å². The highest BCUT2D eigenvalue weighted by Crippen LogP contribution is 2.36. The Bertz CT molecular complexity index is 504. The van der Waals surface area contributed by atoms with Gasteiger partial charge in [-0.05, 0) is 31.3 Å². The summed E-state index contributed by atoms with van der Waals surface area (Å²) in [6.07, 6.45) is 0. The van der Waals surface area contributed by atoms with E-state index in [1.807, 2.05) is 35.3 Å². The first-order chi connectivity index (χ1) is 9.54. The maximum Gasteiger partial charge on any atom is 0.189 e. The van der Waals surface area contributed by atoms with Gasteiger partial charge in [0, 0.05) is 0 Å². The minimum Gasteiger partial charge on any atom is -0.355 e. The molecule has 1 aromatic carbocycles. The van der Waals surface area contributed by atoms with Gasteiger partial charge in [-0.25, -0.2) is 5.43 Å². The Morgan fingerprint density at radius 2 is 1.80 bits per heavy atom. The van der Waals surface area contributed by atoms with Crippen LogP contribution in [-0.4, -0.2) is 30.8 Å². The Morgan fingerprint density at radius 3 is 2.45 bits per heavy atom. The zero-order valence-electron chi connectivity index (χ0n) is 11.7. The van der Waals surface area contributed by atoms with Gasteiger partial charge in [0.1, 0.15) is 12.5 Å². The minimum absolute atomic E-state index is 0.209. The van der Waals surface area contributed by atoms with Crippen molar-refractivity contribution in [3.8, 4) is 0 Å². The van der Waals surface area contributed by atoms with Gasteiger partial charge in [-0.15, -0.1) is 0 Å². The molecule has 2 aliphatic heterocycles. The number of para-hydroxylation sites is 1. The number of ether oxygens (including phenoxy) is 2. The summed E-state index contributed by atoms with van der Waals surface area (Å²) in [5.74, 6) is 0. The number of anilines is 1. The number of thiocarbonyl (C=S) groups is 1. The largest absolute Gasteiger partial charge is 0.355 e. The Morgan fingerprint density at radius 1 is 1.15 bits per heavy atom. The summed E-state index contributed by atoms with van der Waals surface area (Å²) >= 11 is 5.46. The number of hydrogen-bond acceptors (Lipinski definition) is 4. The van der Waals surface area contributed by atoms with Gasteiger partial charge in [0.15, 0.2) is 5.11 Å². The molecule has 0 saturated carbocycles. The van der Waals surface area contributed by atoms with Crippen LogP contribution in [0.4, 0.5) is 5.69 Å². The summed E-state index contributed by atoms with van der Waals surface area (Å²) in [6, 6.07) is 10.00. The van der Waals surface area contributed by atoms with E-state index in [1.165, 1.54) is 0 Å². The highest BCUT2D eigenvalue weighted by atomic mass is 32.1. The normalized spacial score (nSPS) is 29.3. The molecule has 2 aliphatic rings. The van der Waals surface area contributed by atoms with Crippen molar-refractivity contribution in [3.63, 3.8) is 0 Å². The first-order valence-electron chi connectivity index (χ1n) is 6.65. The lowest BCUT2D eigenvalue weighted by Gasteiger charge is -2.45. The molecule has 0 bridgehead atoms. The number of nitrogens with zero attached hydrogens (tertiary/aromatic N) is 1. The lowest BCUT2D eigenvalue weighted by Crippen LogP contribution is -2.64. The third kappa shape index (κ3) is 2.18. The molecule has 5 nitrogen and oxygen atoms in total. The molecule has 2 saturated heterocycles. The van der Waals surface area contributed by atoms with E-state index >= 15 is 0 Å². The Labute approximate surface area is 124 Å². The van der Waals surface area contributed by atoms with E-state index in [4.69, 9.17) is 21.7 Å². The van der Waals surface area contributed by atoms with Crippen molar-refractivity contribution in [2.24, 2.45) is 5.41 Å². The van der Waals surface area contributed by atoms with Gasteiger partial charge in [-0.3, -0.25) is 5.01 Å². The summed E-state index contributed by atoms with van der Waals surface area (Å²) < 4.78 is 10.9. The first-order valence-corrected chi connectivity index (χ1v) is 7.06. The summed E-state index contributed by atoms with van der Waals surface area (Å²) in [7, 11) is 0. The van der Waals surface area contributed by atoms with Gasteiger partial charge < -0.3 is 14.8 Å². The smallest absolute Gasteiger partial charge is 0.189 e. The van der Waals surface area contributed by atoms with Gasteiger partial charge in [-0.2, -0.15) is 0 Å². The van der Waals surface area contributed by atoms with E-state index in [0.717, 1.165) is 5.69 Å². The molecule has 2 fully saturated rings. The van der Waals surface area contributed by atoms with Crippen LogP contribution in [0.1, 0.15) is 13.8 Å². The minimum atomic E-state index is -0.416. The van der Waals surface area contributed by atoms with Crippen LogP contribution in [0.3, 0.4) is 0 Å². The Balaban J connectivity index is 1.85. The van der Waals surface area contributed by atoms with Gasteiger partial charge in [0.25, 0.3) is 0 Å². The van der Waals surface area contributed by atoms with Crippen LogP contribution >= 0.6 is 12.2 Å². The van der Waals surface area contributed by atoms with Crippen molar-refractivity contribution in [2.45, 2.75) is 19.5 Å². The molecule has 1 aromatic rings. The van der Waals surface area contributed by atoms with Crippen molar-refractivity contribution in [3.05, 3.63) is 30.3 Å². The molecular weight excluding hydrogens is 274 g/mol. The third-order valence-corrected chi connectivity index (χ3v) is 4.41. The predicted molar refractivity (Wildman–Crippen MR) is 81.1 cm³/mol. The fourth-order valence-electron chi connectivity index (χ4n) is 2.54. The molecule has 0 aliphatic carbocycles. The number of nitrogens with one attached hydrogen (secondary N) is 2. The van der Waals surface area contributed by atoms with Gasteiger partial charge in [0.2, 0.25) is 0 Å². The van der Waals surface area contributed by atoms with E-state index in [0.29, 0.717) is 25.1 Å². The van der Waals surface area contributed by atoms with Crippen LogP contribution in [-0.2, 0) is 9.47 Å². The highest BCUT2D eigenvalue weighted by molar-refractivity contribution is 7.80. The molecule has 1 atom stereocenters. The van der Waals surface area contributed by atoms with E-state index in [9.17, 15) is 0 Å². The predicted octanol–water partition coefficient (Wildman–Crippen LogP) is 1.61. The molecule has 20 heavy (non-hydrogen) atoms. The molecule has 0 amide bonds. The van der Waals surface area contributed by atoms with Crippen LogP contribution in [0.5, 0.6) is 0 Å². The molecule has 0 radical (unpaired) electrons. The first kappa shape index (κ1) is 13.8. The second-order valence-electron chi connectivity index (χ2n) is 5.71. The van der Waals surface area contributed by atoms with E-state index in [1.54, 1.807) is 0 Å². The van der Waals surface area contributed by atoms with Crippen LogP contribution in [0.2, 0.25) is 0 Å². The quantitative estimate of drug-likeness (QED) is 0.808. The zero-order valence-corrected chi connectivity index (χ0v) is 12.5. The maximum atomic E-state index is 5.47. The van der Waals surface area contributed by atoms with Crippen LogP contribution in [0.15, 0.2) is 30.3 Å². The van der Waals surface area contributed by atoms with Crippen molar-refractivity contribution in [2.75, 3.05) is 25.0 Å². The molecule has 1 unspecified atom stereocenters. The molecule has 6 heteroatoms. The second kappa shape index (κ2) is 4.96. The lowest BCUT2D eigenvalue weighted by atomic mass is 9.79. The van der Waals surface area contributed by atoms with Gasteiger partial charge >= 0.3 is 0 Å². The molecule has 108 valence electrons. The second-order valence-corrected chi connectivity index (χ2v) is 6.10. The Kier molecular flexibility index (Phi) is 3.41. The highest BCUT2D eigenvalue weighted by Gasteiger charge is 2.52. The summed E-state index contributed by atoms with van der Waals surface area (Å²) in [6.45, 7) is 5.81. The summed E-state index contributed by atoms with van der Waals surface area (Å²) in [5, 5.41) is 5.93. The van der Waals surface area contributed by atoms with E-state index in [2.05, 4.69) is 24.6 Å². The maximum absolute atomic E-state index is 5.47. The molecule has 2 heterocycles. The SMILES string of the molecule is CC1(C2(C)NC(=S)N(c3ccccc3)N2)COCOC1. The standard InChI is InChI=1S/C14H19N3O2S/c1-13(8-18-10-19-9-13)14(2)15-12(20)17(16-14)11-6-4-3-5-7-11/h3-7,16H,8-10H2,1-2H3,(H,15,20). The van der Waals surface area contributed by atoms with Crippen molar-refractivity contribution < 1.29 is 9.47 Å². The van der Waals surface area contributed by atoms with Crippen molar-refractivity contribution in [1.29, 1.82) is 0 Å². The number of hydrazine groups is 1. The number of benzene rings is 1. The van der Waals surface area contributed by atoms with Crippen LogP contribution < -0.4 is 15.8 Å². The molecule has 3 rings (SSSR count). The summed E-state index contributed by atoms with van der Waals surface area (Å²) in [5.41, 5.74) is 3.85. The number of rotatable bonds is 2. The van der Waals surface area contributed by atoms with E-state index in [-0.39, 0.29) is 5.41 Å². The molecular formula is C14H19N3O2S. The average molecular weight is 293 g/mol. The average Bonchev–Trinajstić information content (AvgIpc) is 2.78. The molecule has 2 N–H and O–H groups in total. The number of hydrogen-bond donors (Lipinski definition) is 2. The fraction of sp³-hybridized carbons (Fsp3) is 0.500. The van der Waals surface area contributed by atoms with Crippen LogP contribution in [0.25, 0.3) is 0 Å². The van der Waals surface area contributed by atoms with Gasteiger partial charge in [0.05, 0.1) is 24.3 Å². The topological polar surface area (TPSA) is 45.8 Å². The van der Waals surface area contributed by atoms with Gasteiger partial charge in [-0.1, -0.05) is 25.1 Å². The molecule has 0 spiro atoms. The summed E-state index contributed by atoms with van der Waals surface area (Å²) in [4.78, 5) is 0. The molecule has 0 aromatic heterocycles. The fourth-order valence-corrected chi connectivity index (χ4v) is 2.90. The monoisotopic (exact) mass is 293 g/mol. The third-order valence-electron chi connectivity index (χ3n) is 4.12.